The number of hydrogen-bond donors (Lipinski definition) is 2. The van der Waals surface area contributed by atoms with E-state index in [1.54, 1.807) is 22.9 Å². The van der Waals surface area contributed by atoms with E-state index in [1.807, 2.05) is 11.8 Å². The summed E-state index contributed by atoms with van der Waals surface area (Å²) >= 11 is 0. The highest BCUT2D eigenvalue weighted by molar-refractivity contribution is 5.94. The van der Waals surface area contributed by atoms with E-state index < -0.39 is 30.0 Å². The summed E-state index contributed by atoms with van der Waals surface area (Å²) in [5, 5.41) is 16.8. The third kappa shape index (κ3) is 6.52. The average Bonchev–Trinajstić information content (AvgIpc) is 3.58. The van der Waals surface area contributed by atoms with Crippen molar-refractivity contribution in [2.24, 2.45) is 0 Å². The van der Waals surface area contributed by atoms with Crippen molar-refractivity contribution in [2.45, 2.75) is 89.0 Å². The van der Waals surface area contributed by atoms with E-state index in [0.29, 0.717) is 37.2 Å². The Kier molecular flexibility index (Phi) is 8.26. The first-order valence-electron chi connectivity index (χ1n) is 13.0. The lowest BCUT2D eigenvalue weighted by atomic mass is 9.99. The van der Waals surface area contributed by atoms with Crippen LogP contribution < -0.4 is 5.32 Å². The van der Waals surface area contributed by atoms with E-state index in [1.165, 1.54) is 12.1 Å². The van der Waals surface area contributed by atoms with Crippen molar-refractivity contribution in [3.63, 3.8) is 0 Å². The van der Waals surface area contributed by atoms with E-state index in [2.05, 4.69) is 10.4 Å². The topological polar surface area (TPSA) is 87.5 Å². The molecule has 1 aliphatic heterocycles. The maximum Gasteiger partial charge on any atom is 0.305 e. The van der Waals surface area contributed by atoms with Crippen LogP contribution in [0.3, 0.4) is 0 Å². The molecule has 37 heavy (non-hydrogen) atoms. The van der Waals surface area contributed by atoms with Gasteiger partial charge in [0.2, 0.25) is 0 Å². The van der Waals surface area contributed by atoms with Crippen LogP contribution in [0.25, 0.3) is 11.3 Å². The fourth-order valence-corrected chi connectivity index (χ4v) is 5.59. The number of aliphatic carboxylic acids is 1. The van der Waals surface area contributed by atoms with E-state index >= 15 is 0 Å². The lowest BCUT2D eigenvalue weighted by Crippen LogP contribution is -2.42. The smallest absolute Gasteiger partial charge is 0.305 e. The number of carbonyl (C=O) groups is 2. The van der Waals surface area contributed by atoms with Crippen LogP contribution in [-0.4, -0.2) is 63.0 Å². The van der Waals surface area contributed by atoms with Crippen LogP contribution in [0.4, 0.5) is 13.2 Å². The Bertz CT molecular complexity index is 1110. The standard InChI is InChI=1S/C27H35F3N4O3/c1-17(33-12-11-18(28)16-33)13-19(14-25(35)36)31-26(37)23-15-24(34(32-23)20-7-3-4-8-20)21-9-5-6-10-22(21)27(2,29)30/h5-6,9-10,15,17-20H,3-4,7-8,11-14,16H2,1-2H3,(H,31,37)(H,35,36)/t17?,18?,19-/m0/s1. The summed E-state index contributed by atoms with van der Waals surface area (Å²) in [4.78, 5) is 26.8. The number of benzene rings is 1. The number of carboxylic acid groups (broad SMARTS) is 1. The molecule has 7 nitrogen and oxygen atoms in total. The van der Waals surface area contributed by atoms with Gasteiger partial charge in [-0.15, -0.1) is 0 Å². The zero-order chi connectivity index (χ0) is 26.7. The normalized spacial score (nSPS) is 20.7. The zero-order valence-corrected chi connectivity index (χ0v) is 21.3. The molecule has 1 saturated heterocycles. The van der Waals surface area contributed by atoms with Crippen LogP contribution in [-0.2, 0) is 10.7 Å². The summed E-state index contributed by atoms with van der Waals surface area (Å²) in [5.41, 5.74) is 0.682. The summed E-state index contributed by atoms with van der Waals surface area (Å²) < 4.78 is 44.2. The van der Waals surface area contributed by atoms with Crippen LogP contribution in [0.5, 0.6) is 0 Å². The second-order valence-electron chi connectivity index (χ2n) is 10.5. The minimum atomic E-state index is -3.08. The molecule has 1 aromatic carbocycles. The predicted molar refractivity (Wildman–Crippen MR) is 133 cm³/mol. The number of nitrogens with zero attached hydrogens (tertiary/aromatic N) is 3. The van der Waals surface area contributed by atoms with Gasteiger partial charge in [0.1, 0.15) is 6.17 Å². The van der Waals surface area contributed by atoms with E-state index in [9.17, 15) is 27.9 Å². The lowest BCUT2D eigenvalue weighted by Gasteiger charge is -2.27. The largest absolute Gasteiger partial charge is 0.481 e. The number of rotatable bonds is 10. The van der Waals surface area contributed by atoms with Gasteiger partial charge in [-0.2, -0.15) is 5.10 Å². The Balaban J connectivity index is 1.61. The first-order valence-corrected chi connectivity index (χ1v) is 13.0. The molecule has 1 aromatic heterocycles. The fraction of sp³-hybridized carbons (Fsp3) is 0.593. The zero-order valence-electron chi connectivity index (χ0n) is 21.3. The second kappa shape index (κ2) is 11.2. The van der Waals surface area contributed by atoms with Gasteiger partial charge < -0.3 is 10.4 Å². The van der Waals surface area contributed by atoms with E-state index in [-0.39, 0.29) is 29.8 Å². The minimum Gasteiger partial charge on any atom is -0.481 e. The summed E-state index contributed by atoms with van der Waals surface area (Å²) in [5.74, 6) is -4.69. The summed E-state index contributed by atoms with van der Waals surface area (Å²) in [6.07, 6.45) is 3.26. The van der Waals surface area contributed by atoms with Gasteiger partial charge in [-0.25, -0.2) is 13.2 Å². The number of alkyl halides is 3. The van der Waals surface area contributed by atoms with E-state index in [0.717, 1.165) is 32.6 Å². The van der Waals surface area contributed by atoms with Crippen LogP contribution in [0.2, 0.25) is 0 Å². The molecule has 202 valence electrons. The molecule has 1 aliphatic carbocycles. The maximum absolute atomic E-state index is 14.5. The summed E-state index contributed by atoms with van der Waals surface area (Å²) in [6, 6.07) is 6.94. The van der Waals surface area contributed by atoms with Crippen molar-refractivity contribution < 1.29 is 27.9 Å². The first kappa shape index (κ1) is 27.2. The highest BCUT2D eigenvalue weighted by atomic mass is 19.3. The molecule has 2 aliphatic rings. The lowest BCUT2D eigenvalue weighted by molar-refractivity contribution is -0.137. The quantitative estimate of drug-likeness (QED) is 0.451. The van der Waals surface area contributed by atoms with Gasteiger partial charge in [-0.1, -0.05) is 37.1 Å². The van der Waals surface area contributed by atoms with Gasteiger partial charge in [-0.05, 0) is 38.7 Å². The summed E-state index contributed by atoms with van der Waals surface area (Å²) in [6.45, 7) is 3.63. The molecule has 2 N–H and O–H groups in total. The van der Waals surface area contributed by atoms with Crippen molar-refractivity contribution in [2.75, 3.05) is 13.1 Å². The van der Waals surface area contributed by atoms with Gasteiger partial charge in [0, 0.05) is 43.2 Å². The monoisotopic (exact) mass is 520 g/mol. The number of likely N-dealkylation sites (tertiary alicyclic amines) is 1. The molecule has 4 rings (SSSR count). The van der Waals surface area contributed by atoms with Crippen molar-refractivity contribution in [1.29, 1.82) is 0 Å². The molecule has 2 fully saturated rings. The van der Waals surface area contributed by atoms with Gasteiger partial charge in [-0.3, -0.25) is 19.2 Å². The van der Waals surface area contributed by atoms with Crippen LogP contribution in [0.1, 0.15) is 80.9 Å². The Morgan fingerprint density at radius 1 is 1.22 bits per heavy atom. The molecule has 10 heteroatoms. The number of aromatic nitrogens is 2. The molecular formula is C27H35F3N4O3. The molecule has 1 saturated carbocycles. The Morgan fingerprint density at radius 3 is 2.54 bits per heavy atom. The predicted octanol–water partition coefficient (Wildman–Crippen LogP) is 5.17. The van der Waals surface area contributed by atoms with Gasteiger partial charge in [0.15, 0.2) is 5.69 Å². The maximum atomic E-state index is 14.5. The Morgan fingerprint density at radius 2 is 1.92 bits per heavy atom. The van der Waals surface area contributed by atoms with Crippen molar-refractivity contribution in [1.82, 2.24) is 20.0 Å². The average molecular weight is 521 g/mol. The number of nitrogens with one attached hydrogen (secondary N) is 1. The summed E-state index contributed by atoms with van der Waals surface area (Å²) in [7, 11) is 0. The first-order chi connectivity index (χ1) is 17.5. The number of hydrogen-bond acceptors (Lipinski definition) is 4. The molecule has 2 aromatic rings. The Hall–Kier alpha value is -2.88. The molecule has 0 bridgehead atoms. The van der Waals surface area contributed by atoms with Gasteiger partial charge in [0.25, 0.3) is 11.8 Å². The fourth-order valence-electron chi connectivity index (χ4n) is 5.59. The van der Waals surface area contributed by atoms with Crippen LogP contribution >= 0.6 is 0 Å². The van der Waals surface area contributed by atoms with Gasteiger partial charge in [0.05, 0.1) is 18.2 Å². The number of halogens is 3. The van der Waals surface area contributed by atoms with Crippen LogP contribution in [0.15, 0.2) is 30.3 Å². The van der Waals surface area contributed by atoms with Gasteiger partial charge >= 0.3 is 5.97 Å². The highest BCUT2D eigenvalue weighted by Gasteiger charge is 2.32. The SMILES string of the molecule is CC(C[C@@H](CC(=O)O)NC(=O)c1cc(-c2ccccc2C(C)(F)F)n(C2CCCC2)n1)N1CCC(F)C1. The highest BCUT2D eigenvalue weighted by Crippen LogP contribution is 2.39. The third-order valence-corrected chi connectivity index (χ3v) is 7.48. The number of carboxylic acids is 1. The minimum absolute atomic E-state index is 0.00580. The number of carbonyl (C=O) groups excluding carboxylic acids is 1. The van der Waals surface area contributed by atoms with Crippen LogP contribution in [0, 0.1) is 0 Å². The Labute approximate surface area is 215 Å². The number of amides is 1. The van der Waals surface area contributed by atoms with Crippen molar-refractivity contribution >= 4 is 11.9 Å². The molecule has 2 heterocycles. The van der Waals surface area contributed by atoms with Crippen molar-refractivity contribution in [3.05, 3.63) is 41.6 Å². The third-order valence-electron chi connectivity index (χ3n) is 7.48. The molecule has 0 radical (unpaired) electrons. The van der Waals surface area contributed by atoms with Crippen molar-refractivity contribution in [3.8, 4) is 11.3 Å². The second-order valence-corrected chi connectivity index (χ2v) is 10.5. The van der Waals surface area contributed by atoms with E-state index in [4.69, 9.17) is 0 Å². The molecule has 1 amide bonds. The molecule has 2 unspecified atom stereocenters. The molecule has 3 atom stereocenters. The molecule has 0 spiro atoms. The molecular weight excluding hydrogens is 485 g/mol.